The normalized spacial score (nSPS) is 10.8. The van der Waals surface area contributed by atoms with E-state index in [1.54, 1.807) is 40.0 Å². The number of hydrogen-bond acceptors (Lipinski definition) is 4. The third-order valence-corrected chi connectivity index (χ3v) is 2.37. The predicted molar refractivity (Wildman–Crippen MR) is 75.6 cm³/mol. The summed E-state index contributed by atoms with van der Waals surface area (Å²) in [5.41, 5.74) is 0.310. The molecule has 1 N–H and O–H groups in total. The average Bonchev–Trinajstić information content (AvgIpc) is 2.35. The van der Waals surface area contributed by atoms with Crippen molar-refractivity contribution in [1.29, 1.82) is 0 Å². The van der Waals surface area contributed by atoms with Crippen molar-refractivity contribution in [2.24, 2.45) is 0 Å². The molecule has 0 atom stereocenters. The van der Waals surface area contributed by atoms with Gasteiger partial charge in [0.15, 0.2) is 0 Å². The van der Waals surface area contributed by atoms with Crippen molar-refractivity contribution in [3.8, 4) is 5.75 Å². The first-order valence-corrected chi connectivity index (χ1v) is 6.41. The molecule has 110 valence electrons. The second kappa shape index (κ2) is 6.93. The van der Waals surface area contributed by atoms with Crippen LogP contribution in [0.5, 0.6) is 5.75 Å². The first kappa shape index (κ1) is 16.0. The van der Waals surface area contributed by atoms with E-state index in [0.29, 0.717) is 0 Å². The van der Waals surface area contributed by atoms with Crippen LogP contribution in [0.25, 0.3) is 0 Å². The first-order valence-electron chi connectivity index (χ1n) is 6.41. The van der Waals surface area contributed by atoms with Gasteiger partial charge in [0, 0.05) is 0 Å². The summed E-state index contributed by atoms with van der Waals surface area (Å²) in [6.07, 6.45) is 0.215. The fourth-order valence-electron chi connectivity index (χ4n) is 1.54. The molecule has 0 saturated carbocycles. The standard InChI is InChI=1S/C15H21NO4/c1-15(2,3)20-14(18)10-16-13(17)9-11-5-7-12(19-4)8-6-11/h5-8H,9-10H2,1-4H3,(H,16,17). The number of benzene rings is 1. The monoisotopic (exact) mass is 279 g/mol. The molecule has 0 heterocycles. The zero-order valence-corrected chi connectivity index (χ0v) is 12.4. The van der Waals surface area contributed by atoms with E-state index in [-0.39, 0.29) is 18.9 Å². The highest BCUT2D eigenvalue weighted by molar-refractivity contribution is 5.83. The Morgan fingerprint density at radius 2 is 1.75 bits per heavy atom. The maximum atomic E-state index is 11.7. The lowest BCUT2D eigenvalue weighted by Gasteiger charge is -2.19. The first-order chi connectivity index (χ1) is 9.30. The van der Waals surface area contributed by atoms with Gasteiger partial charge in [-0.25, -0.2) is 0 Å². The average molecular weight is 279 g/mol. The van der Waals surface area contributed by atoms with Gasteiger partial charge in [-0.15, -0.1) is 0 Å². The molecule has 0 aromatic heterocycles. The summed E-state index contributed by atoms with van der Waals surface area (Å²) in [6.45, 7) is 5.23. The molecule has 5 nitrogen and oxygen atoms in total. The van der Waals surface area contributed by atoms with Crippen molar-refractivity contribution in [1.82, 2.24) is 5.32 Å². The lowest BCUT2D eigenvalue weighted by atomic mass is 10.1. The van der Waals surface area contributed by atoms with Crippen LogP contribution < -0.4 is 10.1 Å². The van der Waals surface area contributed by atoms with Crippen molar-refractivity contribution >= 4 is 11.9 Å². The summed E-state index contributed by atoms with van der Waals surface area (Å²) in [5.74, 6) is 0.0736. The molecule has 0 aliphatic carbocycles. The van der Waals surface area contributed by atoms with Gasteiger partial charge in [0.05, 0.1) is 13.5 Å². The van der Waals surface area contributed by atoms with Gasteiger partial charge in [-0.1, -0.05) is 12.1 Å². The van der Waals surface area contributed by atoms with Crippen LogP contribution in [0.4, 0.5) is 0 Å². The smallest absolute Gasteiger partial charge is 0.325 e. The molecule has 0 fully saturated rings. The molecule has 0 aliphatic rings. The van der Waals surface area contributed by atoms with Crippen molar-refractivity contribution in [2.75, 3.05) is 13.7 Å². The Hall–Kier alpha value is -2.04. The third-order valence-electron chi connectivity index (χ3n) is 2.37. The van der Waals surface area contributed by atoms with Gasteiger partial charge in [0.25, 0.3) is 0 Å². The largest absolute Gasteiger partial charge is 0.497 e. The van der Waals surface area contributed by atoms with E-state index in [2.05, 4.69) is 5.32 Å². The van der Waals surface area contributed by atoms with E-state index in [1.165, 1.54) is 0 Å². The predicted octanol–water partition coefficient (Wildman–Crippen LogP) is 1.70. The summed E-state index contributed by atoms with van der Waals surface area (Å²) in [6, 6.07) is 7.20. The highest BCUT2D eigenvalue weighted by Crippen LogP contribution is 2.11. The fourth-order valence-corrected chi connectivity index (χ4v) is 1.54. The number of nitrogens with one attached hydrogen (secondary N) is 1. The summed E-state index contributed by atoms with van der Waals surface area (Å²) in [4.78, 5) is 23.1. The van der Waals surface area contributed by atoms with Gasteiger partial charge >= 0.3 is 5.97 Å². The van der Waals surface area contributed by atoms with E-state index in [1.807, 2.05) is 12.1 Å². The lowest BCUT2D eigenvalue weighted by molar-refractivity contribution is -0.154. The molecular weight excluding hydrogens is 258 g/mol. The maximum Gasteiger partial charge on any atom is 0.325 e. The van der Waals surface area contributed by atoms with Crippen LogP contribution in [0, 0.1) is 0 Å². The number of carbonyl (C=O) groups excluding carboxylic acids is 2. The van der Waals surface area contributed by atoms with Crippen molar-refractivity contribution < 1.29 is 19.1 Å². The quantitative estimate of drug-likeness (QED) is 0.833. The second-order valence-electron chi connectivity index (χ2n) is 5.39. The van der Waals surface area contributed by atoms with Crippen LogP contribution >= 0.6 is 0 Å². The number of methoxy groups -OCH3 is 1. The number of rotatable bonds is 5. The van der Waals surface area contributed by atoms with Gasteiger partial charge in [-0.3, -0.25) is 9.59 Å². The minimum atomic E-state index is -0.544. The molecule has 1 amide bonds. The third kappa shape index (κ3) is 6.22. The van der Waals surface area contributed by atoms with E-state index in [4.69, 9.17) is 9.47 Å². The topological polar surface area (TPSA) is 64.6 Å². The molecule has 0 spiro atoms. The lowest BCUT2D eigenvalue weighted by Crippen LogP contribution is -2.35. The van der Waals surface area contributed by atoms with Gasteiger partial charge in [0.1, 0.15) is 17.9 Å². The van der Waals surface area contributed by atoms with Gasteiger partial charge in [0.2, 0.25) is 5.91 Å². The molecule has 0 unspecified atom stereocenters. The molecule has 1 aromatic rings. The van der Waals surface area contributed by atoms with Crippen LogP contribution in [-0.2, 0) is 20.7 Å². The minimum Gasteiger partial charge on any atom is -0.497 e. The number of ether oxygens (including phenoxy) is 2. The highest BCUT2D eigenvalue weighted by atomic mass is 16.6. The van der Waals surface area contributed by atoms with E-state index in [0.717, 1.165) is 11.3 Å². The van der Waals surface area contributed by atoms with Crippen LogP contribution in [0.15, 0.2) is 24.3 Å². The Kier molecular flexibility index (Phi) is 5.55. The molecule has 0 radical (unpaired) electrons. The molecular formula is C15H21NO4. The Bertz CT molecular complexity index is 460. The Morgan fingerprint density at radius 1 is 1.15 bits per heavy atom. The van der Waals surface area contributed by atoms with E-state index in [9.17, 15) is 9.59 Å². The summed E-state index contributed by atoms with van der Waals surface area (Å²) in [7, 11) is 1.59. The minimum absolute atomic E-state index is 0.119. The van der Waals surface area contributed by atoms with Gasteiger partial charge in [-0.05, 0) is 38.5 Å². The van der Waals surface area contributed by atoms with Crippen molar-refractivity contribution in [3.63, 3.8) is 0 Å². The second-order valence-corrected chi connectivity index (χ2v) is 5.39. The molecule has 1 rings (SSSR count). The fraction of sp³-hybridized carbons (Fsp3) is 0.467. The molecule has 0 bridgehead atoms. The van der Waals surface area contributed by atoms with Gasteiger partial charge < -0.3 is 14.8 Å². The number of hydrogen-bond donors (Lipinski definition) is 1. The molecule has 1 aromatic carbocycles. The van der Waals surface area contributed by atoms with Crippen LogP contribution in [0.1, 0.15) is 26.3 Å². The Labute approximate surface area is 119 Å². The summed E-state index contributed by atoms with van der Waals surface area (Å²) >= 11 is 0. The van der Waals surface area contributed by atoms with Crippen LogP contribution in [0.3, 0.4) is 0 Å². The highest BCUT2D eigenvalue weighted by Gasteiger charge is 2.16. The SMILES string of the molecule is COc1ccc(CC(=O)NCC(=O)OC(C)(C)C)cc1. The Morgan fingerprint density at radius 3 is 2.25 bits per heavy atom. The summed E-state index contributed by atoms with van der Waals surface area (Å²) < 4.78 is 10.1. The zero-order chi connectivity index (χ0) is 15.2. The number of amides is 1. The molecule has 20 heavy (non-hydrogen) atoms. The zero-order valence-electron chi connectivity index (χ0n) is 12.4. The molecule has 0 saturated heterocycles. The molecule has 0 aliphatic heterocycles. The Balaban J connectivity index is 2.38. The van der Waals surface area contributed by atoms with Crippen LogP contribution in [-0.4, -0.2) is 31.1 Å². The maximum absolute atomic E-state index is 11.7. The van der Waals surface area contributed by atoms with Crippen molar-refractivity contribution in [3.05, 3.63) is 29.8 Å². The molecule has 5 heteroatoms. The summed E-state index contributed by atoms with van der Waals surface area (Å²) in [5, 5.41) is 2.54. The number of carbonyl (C=O) groups is 2. The van der Waals surface area contributed by atoms with Gasteiger partial charge in [-0.2, -0.15) is 0 Å². The van der Waals surface area contributed by atoms with Crippen molar-refractivity contribution in [2.45, 2.75) is 32.8 Å². The van der Waals surface area contributed by atoms with E-state index >= 15 is 0 Å². The van der Waals surface area contributed by atoms with E-state index < -0.39 is 11.6 Å². The number of esters is 1. The van der Waals surface area contributed by atoms with Crippen LogP contribution in [0.2, 0.25) is 0 Å².